The van der Waals surface area contributed by atoms with Crippen molar-refractivity contribution in [1.82, 2.24) is 10.2 Å². The summed E-state index contributed by atoms with van der Waals surface area (Å²) in [7, 11) is 0. The van der Waals surface area contributed by atoms with Crippen LogP contribution in [0.5, 0.6) is 0 Å². The predicted octanol–water partition coefficient (Wildman–Crippen LogP) is 6.44. The van der Waals surface area contributed by atoms with E-state index in [-0.39, 0.29) is 24.0 Å². The Kier molecular flexibility index (Phi) is 6.34. The van der Waals surface area contributed by atoms with Crippen molar-refractivity contribution in [3.8, 4) is 0 Å². The van der Waals surface area contributed by atoms with E-state index in [1.54, 1.807) is 6.07 Å². The van der Waals surface area contributed by atoms with E-state index in [0.29, 0.717) is 51.3 Å². The van der Waals surface area contributed by atoms with Gasteiger partial charge in [-0.15, -0.1) is 10.2 Å². The van der Waals surface area contributed by atoms with Gasteiger partial charge in [-0.2, -0.15) is 24.5 Å². The van der Waals surface area contributed by atoms with E-state index < -0.39 is 11.7 Å². The van der Waals surface area contributed by atoms with Crippen LogP contribution in [0.25, 0.3) is 0 Å². The van der Waals surface area contributed by atoms with Crippen LogP contribution in [0.3, 0.4) is 0 Å². The maximum Gasteiger partial charge on any atom is 0.416 e. The molecule has 0 saturated heterocycles. The smallest absolute Gasteiger partial charge is 0.294 e. The third kappa shape index (κ3) is 4.56. The molecule has 0 radical (unpaired) electrons. The zero-order valence-corrected chi connectivity index (χ0v) is 20.1. The third-order valence-corrected chi connectivity index (χ3v) is 8.64. The molecular weight excluding hydrogens is 503 g/mol. The number of hydrogen-bond acceptors (Lipinski definition) is 7. The number of carbonyl (C=O) groups is 2. The molecular formula is C23H18F3N3O2S3. The van der Waals surface area contributed by atoms with E-state index in [9.17, 15) is 22.8 Å². The molecule has 5 nitrogen and oxygen atoms in total. The van der Waals surface area contributed by atoms with Gasteiger partial charge in [0.05, 0.1) is 5.56 Å². The molecule has 1 aliphatic heterocycles. The molecule has 1 atom stereocenters. The van der Waals surface area contributed by atoms with E-state index in [4.69, 9.17) is 0 Å². The van der Waals surface area contributed by atoms with Gasteiger partial charge in [-0.3, -0.25) is 14.5 Å². The van der Waals surface area contributed by atoms with Crippen LogP contribution in [0.1, 0.15) is 48.3 Å². The number of aromatic nitrogens is 2. The minimum Gasteiger partial charge on any atom is -0.294 e. The number of hydrogen-bond donors (Lipinski definition) is 0. The lowest BCUT2D eigenvalue weighted by Gasteiger charge is -2.36. The number of allylic oxidation sites excluding steroid dienone is 2. The first-order chi connectivity index (χ1) is 16.3. The summed E-state index contributed by atoms with van der Waals surface area (Å²) < 4.78 is 39.4. The van der Waals surface area contributed by atoms with Gasteiger partial charge in [-0.25, -0.2) is 0 Å². The SMILES string of the molecule is O=C1CCCC2=C1C(c1ccsc1)CC(=O)N2c1nnc(SCc2cccc(C(F)(F)F)c2)s1. The second-order valence-electron chi connectivity index (χ2n) is 8.02. The van der Waals surface area contributed by atoms with Crippen molar-refractivity contribution in [2.45, 2.75) is 47.9 Å². The van der Waals surface area contributed by atoms with Crippen LogP contribution in [-0.4, -0.2) is 21.9 Å². The first-order valence-corrected chi connectivity index (χ1v) is 13.3. The van der Waals surface area contributed by atoms with Gasteiger partial charge in [-0.05, 0) is 46.9 Å². The molecule has 11 heteroatoms. The molecule has 0 bridgehead atoms. The molecule has 1 unspecified atom stereocenters. The summed E-state index contributed by atoms with van der Waals surface area (Å²) in [5.41, 5.74) is 2.21. The molecule has 3 aromatic rings. The minimum absolute atomic E-state index is 0.0682. The zero-order valence-electron chi connectivity index (χ0n) is 17.7. The summed E-state index contributed by atoms with van der Waals surface area (Å²) in [5, 5.41) is 12.7. The third-order valence-electron chi connectivity index (χ3n) is 5.82. The highest BCUT2D eigenvalue weighted by molar-refractivity contribution is 8.00. The van der Waals surface area contributed by atoms with Crippen LogP contribution in [0.15, 0.2) is 56.7 Å². The normalized spacial score (nSPS) is 19.0. The summed E-state index contributed by atoms with van der Waals surface area (Å²) in [6, 6.07) is 7.14. The number of halogens is 3. The molecule has 2 aromatic heterocycles. The lowest BCUT2D eigenvalue weighted by atomic mass is 9.78. The van der Waals surface area contributed by atoms with Gasteiger partial charge in [0.25, 0.3) is 0 Å². The Hall–Kier alpha value is -2.50. The molecule has 176 valence electrons. The molecule has 5 rings (SSSR count). The molecule has 34 heavy (non-hydrogen) atoms. The van der Waals surface area contributed by atoms with Crippen molar-refractivity contribution >= 4 is 51.3 Å². The average Bonchev–Trinajstić information content (AvgIpc) is 3.49. The van der Waals surface area contributed by atoms with Crippen LogP contribution in [-0.2, 0) is 21.5 Å². The predicted molar refractivity (Wildman–Crippen MR) is 126 cm³/mol. The lowest BCUT2D eigenvalue weighted by Crippen LogP contribution is -2.40. The van der Waals surface area contributed by atoms with Crippen LogP contribution in [0.4, 0.5) is 18.3 Å². The van der Waals surface area contributed by atoms with Crippen molar-refractivity contribution in [2.24, 2.45) is 0 Å². The first-order valence-electron chi connectivity index (χ1n) is 10.5. The number of thiophene rings is 1. The number of benzene rings is 1. The first kappa shape index (κ1) is 23.3. The second-order valence-corrected chi connectivity index (χ2v) is 11.0. The van der Waals surface area contributed by atoms with Gasteiger partial charge in [0.1, 0.15) is 0 Å². The number of rotatable bonds is 5. The lowest BCUT2D eigenvalue weighted by molar-refractivity contribution is -0.137. The summed E-state index contributed by atoms with van der Waals surface area (Å²) in [6.45, 7) is 0. The highest BCUT2D eigenvalue weighted by Crippen LogP contribution is 2.45. The van der Waals surface area contributed by atoms with Gasteiger partial charge in [0.2, 0.25) is 11.0 Å². The highest BCUT2D eigenvalue weighted by Gasteiger charge is 2.41. The molecule has 1 amide bonds. The van der Waals surface area contributed by atoms with Crippen LogP contribution in [0.2, 0.25) is 0 Å². The number of Topliss-reactive ketones (excluding diaryl/α,β-unsaturated/α-hetero) is 1. The number of alkyl halides is 3. The Balaban J connectivity index is 1.39. The number of anilines is 1. The van der Waals surface area contributed by atoms with Crippen molar-refractivity contribution in [1.29, 1.82) is 0 Å². The molecule has 0 spiro atoms. The monoisotopic (exact) mass is 521 g/mol. The van der Waals surface area contributed by atoms with Crippen LogP contribution >= 0.6 is 34.4 Å². The van der Waals surface area contributed by atoms with Gasteiger partial charge in [0, 0.05) is 35.8 Å². The Morgan fingerprint density at radius 1 is 1.15 bits per heavy atom. The molecule has 2 aliphatic rings. The zero-order chi connectivity index (χ0) is 23.9. The standard InChI is InChI=1S/C23H18F3N3O2S3/c24-23(25,26)15-4-1-3-13(9-15)11-33-22-28-27-21(34-22)29-17-5-2-6-18(30)20(17)16(10-19(29)31)14-7-8-32-12-14/h1,3-4,7-9,12,16H,2,5-6,10-11H2. The molecule has 3 heterocycles. The summed E-state index contributed by atoms with van der Waals surface area (Å²) in [5.74, 6) is -0.00610. The second kappa shape index (κ2) is 9.27. The Bertz CT molecular complexity index is 1270. The van der Waals surface area contributed by atoms with E-state index in [2.05, 4.69) is 10.2 Å². The number of carbonyl (C=O) groups excluding carboxylic acids is 2. The van der Waals surface area contributed by atoms with Crippen LogP contribution in [0, 0.1) is 0 Å². The number of nitrogens with zero attached hydrogens (tertiary/aromatic N) is 3. The van der Waals surface area contributed by atoms with Crippen molar-refractivity contribution in [3.05, 3.63) is 69.1 Å². The van der Waals surface area contributed by atoms with E-state index in [1.807, 2.05) is 16.8 Å². The maximum atomic E-state index is 13.2. The number of ketones is 1. The number of thioether (sulfide) groups is 1. The fourth-order valence-corrected chi connectivity index (χ4v) is 6.85. The summed E-state index contributed by atoms with van der Waals surface area (Å²) in [4.78, 5) is 27.6. The fraction of sp³-hybridized carbons (Fsp3) is 0.304. The van der Waals surface area contributed by atoms with Gasteiger partial charge in [-0.1, -0.05) is 41.3 Å². The Morgan fingerprint density at radius 2 is 2.00 bits per heavy atom. The average molecular weight is 522 g/mol. The Labute approximate surface area is 205 Å². The summed E-state index contributed by atoms with van der Waals surface area (Å²) >= 11 is 4.01. The topological polar surface area (TPSA) is 63.2 Å². The van der Waals surface area contributed by atoms with E-state index in [0.717, 1.165) is 17.7 Å². The van der Waals surface area contributed by atoms with Crippen molar-refractivity contribution < 1.29 is 22.8 Å². The fourth-order valence-electron chi connectivity index (χ4n) is 4.31. The van der Waals surface area contributed by atoms with Gasteiger partial charge in [0.15, 0.2) is 10.1 Å². The highest BCUT2D eigenvalue weighted by atomic mass is 32.2. The molecule has 0 fully saturated rings. The molecule has 0 N–H and O–H groups in total. The van der Waals surface area contributed by atoms with E-state index in [1.165, 1.54) is 45.4 Å². The van der Waals surface area contributed by atoms with Gasteiger partial charge < -0.3 is 0 Å². The van der Waals surface area contributed by atoms with Gasteiger partial charge >= 0.3 is 6.18 Å². The minimum atomic E-state index is -4.39. The van der Waals surface area contributed by atoms with Crippen LogP contribution < -0.4 is 4.90 Å². The maximum absolute atomic E-state index is 13.2. The quantitative estimate of drug-likeness (QED) is 0.286. The van der Waals surface area contributed by atoms with E-state index >= 15 is 0 Å². The summed E-state index contributed by atoms with van der Waals surface area (Å²) in [6.07, 6.45) is -2.45. The van der Waals surface area contributed by atoms with Crippen molar-refractivity contribution in [3.63, 3.8) is 0 Å². The number of amides is 1. The molecule has 1 aliphatic carbocycles. The largest absolute Gasteiger partial charge is 0.416 e. The molecule has 1 aromatic carbocycles. The Morgan fingerprint density at radius 3 is 2.76 bits per heavy atom. The molecule has 0 saturated carbocycles. The van der Waals surface area contributed by atoms with Crippen molar-refractivity contribution in [2.75, 3.05) is 4.90 Å².